The zero-order valence-electron chi connectivity index (χ0n) is 14.4. The lowest BCUT2D eigenvalue weighted by Gasteiger charge is -2.34. The maximum absolute atomic E-state index is 12.7. The van der Waals surface area contributed by atoms with Gasteiger partial charge < -0.3 is 14.4 Å². The summed E-state index contributed by atoms with van der Waals surface area (Å²) in [5.41, 5.74) is 2.24. The van der Waals surface area contributed by atoms with Gasteiger partial charge in [0.25, 0.3) is 5.91 Å². The molecule has 1 heterocycles. The number of anilines is 1. The van der Waals surface area contributed by atoms with Crippen molar-refractivity contribution in [2.75, 3.05) is 18.1 Å². The summed E-state index contributed by atoms with van der Waals surface area (Å²) in [4.78, 5) is 25.4. The summed E-state index contributed by atoms with van der Waals surface area (Å²) >= 11 is 0. The molecule has 0 aliphatic carbocycles. The molecule has 1 aliphatic rings. The molecule has 2 aromatic rings. The van der Waals surface area contributed by atoms with E-state index in [1.54, 1.807) is 23.1 Å². The molecule has 5 heteroatoms. The van der Waals surface area contributed by atoms with Crippen LogP contribution in [0.2, 0.25) is 0 Å². The van der Waals surface area contributed by atoms with Crippen LogP contribution in [0.1, 0.15) is 29.3 Å². The molecule has 0 saturated heterocycles. The lowest BCUT2D eigenvalue weighted by atomic mass is 10.1. The third kappa shape index (κ3) is 3.65. The predicted octanol–water partition coefficient (Wildman–Crippen LogP) is 3.39. The Hall–Kier alpha value is -2.82. The van der Waals surface area contributed by atoms with E-state index in [9.17, 15) is 9.59 Å². The second kappa shape index (κ2) is 7.38. The Kier molecular flexibility index (Phi) is 5.03. The zero-order chi connectivity index (χ0) is 17.8. The number of nitrogens with zero attached hydrogens (tertiary/aromatic N) is 1. The van der Waals surface area contributed by atoms with Crippen molar-refractivity contribution in [2.45, 2.75) is 26.4 Å². The van der Waals surface area contributed by atoms with E-state index in [4.69, 9.17) is 9.47 Å². The fraction of sp³-hybridized carbons (Fsp3) is 0.300. The maximum Gasteiger partial charge on any atom is 0.268 e. The fourth-order valence-electron chi connectivity index (χ4n) is 2.86. The van der Waals surface area contributed by atoms with Gasteiger partial charge in [0.05, 0.1) is 12.2 Å². The first-order chi connectivity index (χ1) is 12.1. The van der Waals surface area contributed by atoms with Gasteiger partial charge in [-0.15, -0.1) is 0 Å². The normalized spacial score (nSPS) is 16.2. The molecule has 0 N–H and O–H groups in total. The molecule has 1 amide bonds. The number of hydrogen-bond acceptors (Lipinski definition) is 4. The fourth-order valence-corrected chi connectivity index (χ4v) is 2.86. The number of benzene rings is 2. The highest BCUT2D eigenvalue weighted by molar-refractivity contribution is 6.00. The topological polar surface area (TPSA) is 55.8 Å². The van der Waals surface area contributed by atoms with Crippen LogP contribution in [-0.2, 0) is 4.79 Å². The third-order valence-corrected chi connectivity index (χ3v) is 4.16. The first-order valence-electron chi connectivity index (χ1n) is 8.39. The van der Waals surface area contributed by atoms with E-state index in [2.05, 4.69) is 0 Å². The van der Waals surface area contributed by atoms with Crippen LogP contribution in [0.15, 0.2) is 42.5 Å². The van der Waals surface area contributed by atoms with Crippen LogP contribution in [-0.4, -0.2) is 31.4 Å². The first kappa shape index (κ1) is 17.0. The molecule has 0 radical (unpaired) electrons. The number of fused-ring (bicyclic) bond motifs is 1. The van der Waals surface area contributed by atoms with E-state index in [0.717, 1.165) is 17.6 Å². The van der Waals surface area contributed by atoms with Crippen LogP contribution in [0.25, 0.3) is 0 Å². The number of aryl methyl sites for hydroxylation is 1. The molecule has 5 nitrogen and oxygen atoms in total. The van der Waals surface area contributed by atoms with Gasteiger partial charge in [-0.2, -0.15) is 0 Å². The standard InChI is InChI=1S/C20H21NO4/c1-3-18-20(23)21(9-10-24-16-6-4-5-14(2)11-16)17-12-15(13-22)7-8-19(17)25-18/h4-8,11-13,18H,3,9-10H2,1-2H3. The minimum Gasteiger partial charge on any atom is -0.492 e. The number of carbonyl (C=O) groups excluding carboxylic acids is 2. The Morgan fingerprint density at radius 2 is 2.08 bits per heavy atom. The van der Waals surface area contributed by atoms with Gasteiger partial charge in [-0.3, -0.25) is 9.59 Å². The largest absolute Gasteiger partial charge is 0.492 e. The van der Waals surface area contributed by atoms with E-state index in [0.29, 0.717) is 36.6 Å². The van der Waals surface area contributed by atoms with Gasteiger partial charge in [-0.25, -0.2) is 0 Å². The summed E-state index contributed by atoms with van der Waals surface area (Å²) in [6.07, 6.45) is 0.842. The molecule has 130 valence electrons. The number of aldehydes is 1. The summed E-state index contributed by atoms with van der Waals surface area (Å²) in [5, 5.41) is 0. The molecular formula is C20H21NO4. The zero-order valence-corrected chi connectivity index (χ0v) is 14.4. The van der Waals surface area contributed by atoms with Gasteiger partial charge in [-0.1, -0.05) is 19.1 Å². The predicted molar refractivity (Wildman–Crippen MR) is 95.6 cm³/mol. The quantitative estimate of drug-likeness (QED) is 0.757. The smallest absolute Gasteiger partial charge is 0.268 e. The Labute approximate surface area is 147 Å². The Bertz CT molecular complexity index is 787. The van der Waals surface area contributed by atoms with Crippen molar-refractivity contribution in [3.05, 3.63) is 53.6 Å². The average Bonchev–Trinajstić information content (AvgIpc) is 2.63. The van der Waals surface area contributed by atoms with Crippen molar-refractivity contribution in [1.29, 1.82) is 0 Å². The van der Waals surface area contributed by atoms with E-state index in [1.165, 1.54) is 0 Å². The van der Waals surface area contributed by atoms with Crippen molar-refractivity contribution >= 4 is 17.9 Å². The van der Waals surface area contributed by atoms with Crippen LogP contribution in [0, 0.1) is 6.92 Å². The molecule has 1 atom stereocenters. The van der Waals surface area contributed by atoms with Crippen LogP contribution >= 0.6 is 0 Å². The molecule has 0 bridgehead atoms. The summed E-state index contributed by atoms with van der Waals surface area (Å²) in [6.45, 7) is 4.66. The minimum absolute atomic E-state index is 0.106. The van der Waals surface area contributed by atoms with Crippen LogP contribution in [0.3, 0.4) is 0 Å². The van der Waals surface area contributed by atoms with Gasteiger partial charge >= 0.3 is 0 Å². The Morgan fingerprint density at radius 1 is 1.24 bits per heavy atom. The highest BCUT2D eigenvalue weighted by Crippen LogP contribution is 2.35. The molecule has 0 spiro atoms. The van der Waals surface area contributed by atoms with Gasteiger partial charge in [-0.05, 0) is 49.2 Å². The Balaban J connectivity index is 1.78. The summed E-state index contributed by atoms with van der Waals surface area (Å²) in [6, 6.07) is 12.9. The molecule has 25 heavy (non-hydrogen) atoms. The van der Waals surface area contributed by atoms with Crippen molar-refractivity contribution in [1.82, 2.24) is 0 Å². The monoisotopic (exact) mass is 339 g/mol. The van der Waals surface area contributed by atoms with Crippen LogP contribution in [0.4, 0.5) is 5.69 Å². The molecular weight excluding hydrogens is 318 g/mol. The highest BCUT2D eigenvalue weighted by atomic mass is 16.5. The lowest BCUT2D eigenvalue weighted by molar-refractivity contribution is -0.126. The number of amides is 1. The number of rotatable bonds is 6. The van der Waals surface area contributed by atoms with Crippen LogP contribution in [0.5, 0.6) is 11.5 Å². The van der Waals surface area contributed by atoms with Gasteiger partial charge in [0.2, 0.25) is 0 Å². The Morgan fingerprint density at radius 3 is 2.80 bits per heavy atom. The van der Waals surface area contributed by atoms with E-state index >= 15 is 0 Å². The number of ether oxygens (including phenoxy) is 2. The molecule has 0 aromatic heterocycles. The van der Waals surface area contributed by atoms with Gasteiger partial charge in [0.1, 0.15) is 24.4 Å². The molecule has 2 aromatic carbocycles. The minimum atomic E-state index is -0.506. The molecule has 0 saturated carbocycles. The SMILES string of the molecule is CCC1Oc2ccc(C=O)cc2N(CCOc2cccc(C)c2)C1=O. The molecule has 1 unspecified atom stereocenters. The molecule has 1 aliphatic heterocycles. The average molecular weight is 339 g/mol. The highest BCUT2D eigenvalue weighted by Gasteiger charge is 2.33. The summed E-state index contributed by atoms with van der Waals surface area (Å²) in [7, 11) is 0. The molecule has 3 rings (SSSR count). The number of carbonyl (C=O) groups is 2. The van der Waals surface area contributed by atoms with Crippen molar-refractivity contribution in [3.63, 3.8) is 0 Å². The maximum atomic E-state index is 12.7. The first-order valence-corrected chi connectivity index (χ1v) is 8.39. The molecule has 0 fully saturated rings. The van der Waals surface area contributed by atoms with Crippen LogP contribution < -0.4 is 14.4 Å². The van der Waals surface area contributed by atoms with Crippen molar-refractivity contribution in [3.8, 4) is 11.5 Å². The third-order valence-electron chi connectivity index (χ3n) is 4.16. The van der Waals surface area contributed by atoms with Gasteiger partial charge in [0.15, 0.2) is 6.10 Å². The van der Waals surface area contributed by atoms with E-state index < -0.39 is 6.10 Å². The van der Waals surface area contributed by atoms with Crippen molar-refractivity contribution in [2.24, 2.45) is 0 Å². The number of hydrogen-bond donors (Lipinski definition) is 0. The summed E-state index contributed by atoms with van der Waals surface area (Å²) in [5.74, 6) is 1.29. The second-order valence-corrected chi connectivity index (χ2v) is 6.01. The van der Waals surface area contributed by atoms with Gasteiger partial charge in [0, 0.05) is 5.56 Å². The van der Waals surface area contributed by atoms with E-state index in [-0.39, 0.29) is 5.91 Å². The van der Waals surface area contributed by atoms with Crippen molar-refractivity contribution < 1.29 is 19.1 Å². The van der Waals surface area contributed by atoms with E-state index in [1.807, 2.05) is 38.1 Å². The second-order valence-electron chi connectivity index (χ2n) is 6.01. The summed E-state index contributed by atoms with van der Waals surface area (Å²) < 4.78 is 11.5. The lowest BCUT2D eigenvalue weighted by Crippen LogP contribution is -2.47.